The van der Waals surface area contributed by atoms with Gasteiger partial charge in [0.15, 0.2) is 0 Å². The summed E-state index contributed by atoms with van der Waals surface area (Å²) in [6.07, 6.45) is 2.44. The quantitative estimate of drug-likeness (QED) is 0.632. The molecule has 0 saturated heterocycles. The largest absolute Gasteiger partial charge is 0.396 e. The normalized spacial score (nSPS) is 11.5. The molecule has 0 unspecified atom stereocenters. The molecule has 5 nitrogen and oxygen atoms in total. The molecule has 0 heterocycles. The Morgan fingerprint density at radius 2 is 1.58 bits per heavy atom. The molecule has 2 N–H and O–H groups in total. The summed E-state index contributed by atoms with van der Waals surface area (Å²) in [4.78, 5) is 12.1. The molecule has 0 atom stereocenters. The highest BCUT2D eigenvalue weighted by Crippen LogP contribution is 2.22. The molecule has 0 aliphatic carbocycles. The highest BCUT2D eigenvalue weighted by atomic mass is 32.2. The highest BCUT2D eigenvalue weighted by Gasteiger charge is 2.13. The number of hydrogen-bond donors (Lipinski definition) is 2. The van der Waals surface area contributed by atoms with Crippen LogP contribution in [-0.2, 0) is 14.6 Å². The van der Waals surface area contributed by atoms with Crippen molar-refractivity contribution >= 4 is 21.4 Å². The predicted octanol–water partition coefficient (Wildman–Crippen LogP) is 2.91. The number of anilines is 1. The summed E-state index contributed by atoms with van der Waals surface area (Å²) < 4.78 is 23.8. The fraction of sp³-hybridized carbons (Fsp3) is 0.611. The minimum Gasteiger partial charge on any atom is -0.396 e. The number of carbonyl (C=O) groups is 1. The van der Waals surface area contributed by atoms with E-state index in [2.05, 4.69) is 5.32 Å². The Kier molecular flexibility index (Phi) is 8.42. The second-order valence-corrected chi connectivity index (χ2v) is 8.67. The number of amides is 1. The second-order valence-electron chi connectivity index (χ2n) is 6.36. The third kappa shape index (κ3) is 7.45. The summed E-state index contributed by atoms with van der Waals surface area (Å²) in [6, 6.07) is 4.03. The van der Waals surface area contributed by atoms with Gasteiger partial charge in [-0.25, -0.2) is 8.42 Å². The summed E-state index contributed by atoms with van der Waals surface area (Å²) in [5.41, 5.74) is 3.99. The van der Waals surface area contributed by atoms with Crippen LogP contribution in [-0.4, -0.2) is 37.5 Å². The molecule has 0 aliphatic heterocycles. The standard InChI is InChI=1S/C18H29NO4S/c1-14-12-15(2)18(16(3)13-14)19-17(21)8-7-11-24(22,23)10-6-4-5-9-20/h12-13,20H,4-11H2,1-3H3,(H,19,21). The van der Waals surface area contributed by atoms with Crippen molar-refractivity contribution < 1.29 is 18.3 Å². The van der Waals surface area contributed by atoms with Gasteiger partial charge in [0.2, 0.25) is 5.91 Å². The Balaban J connectivity index is 2.42. The molecule has 6 heteroatoms. The maximum Gasteiger partial charge on any atom is 0.224 e. The van der Waals surface area contributed by atoms with E-state index in [1.165, 1.54) is 0 Å². The number of nitrogens with one attached hydrogen (secondary N) is 1. The molecule has 136 valence electrons. The van der Waals surface area contributed by atoms with Crippen LogP contribution < -0.4 is 5.32 Å². The van der Waals surface area contributed by atoms with E-state index >= 15 is 0 Å². The minimum atomic E-state index is -3.11. The van der Waals surface area contributed by atoms with Crippen LogP contribution in [0.2, 0.25) is 0 Å². The van der Waals surface area contributed by atoms with E-state index in [4.69, 9.17) is 5.11 Å². The van der Waals surface area contributed by atoms with Crippen LogP contribution in [0.3, 0.4) is 0 Å². The van der Waals surface area contributed by atoms with Crippen molar-refractivity contribution in [2.45, 2.75) is 52.9 Å². The van der Waals surface area contributed by atoms with Gasteiger partial charge in [0, 0.05) is 18.7 Å². The molecular weight excluding hydrogens is 326 g/mol. The van der Waals surface area contributed by atoms with Crippen LogP contribution in [0.4, 0.5) is 5.69 Å². The van der Waals surface area contributed by atoms with Gasteiger partial charge in [-0.1, -0.05) is 24.1 Å². The fourth-order valence-corrected chi connectivity index (χ4v) is 4.18. The first-order chi connectivity index (χ1) is 11.2. The van der Waals surface area contributed by atoms with Crippen LogP contribution in [0.25, 0.3) is 0 Å². The zero-order valence-corrected chi connectivity index (χ0v) is 15.7. The van der Waals surface area contributed by atoms with Crippen molar-refractivity contribution in [2.24, 2.45) is 0 Å². The summed E-state index contributed by atoms with van der Waals surface area (Å²) in [6.45, 7) is 6.01. The van der Waals surface area contributed by atoms with Gasteiger partial charge in [-0.15, -0.1) is 0 Å². The van der Waals surface area contributed by atoms with Crippen LogP contribution >= 0.6 is 0 Å². The van der Waals surface area contributed by atoms with Crippen molar-refractivity contribution in [2.75, 3.05) is 23.4 Å². The highest BCUT2D eigenvalue weighted by molar-refractivity contribution is 7.91. The lowest BCUT2D eigenvalue weighted by atomic mass is 10.0. The summed E-state index contributed by atoms with van der Waals surface area (Å²) in [5.74, 6) is 0.0106. The number of carbonyl (C=O) groups excluding carboxylic acids is 1. The van der Waals surface area contributed by atoms with E-state index in [-0.39, 0.29) is 30.4 Å². The number of aryl methyl sites for hydroxylation is 3. The molecule has 0 radical (unpaired) electrons. The molecule has 1 rings (SSSR count). The summed E-state index contributed by atoms with van der Waals surface area (Å²) in [5, 5.41) is 11.6. The van der Waals surface area contributed by atoms with Crippen molar-refractivity contribution in [3.63, 3.8) is 0 Å². The van der Waals surface area contributed by atoms with E-state index in [1.54, 1.807) is 0 Å². The number of hydrogen-bond acceptors (Lipinski definition) is 4. The van der Waals surface area contributed by atoms with E-state index in [9.17, 15) is 13.2 Å². The average Bonchev–Trinajstić information content (AvgIpc) is 2.47. The van der Waals surface area contributed by atoms with Crippen molar-refractivity contribution in [1.82, 2.24) is 0 Å². The van der Waals surface area contributed by atoms with Crippen molar-refractivity contribution in [1.29, 1.82) is 0 Å². The van der Waals surface area contributed by atoms with E-state index < -0.39 is 9.84 Å². The van der Waals surface area contributed by atoms with Crippen molar-refractivity contribution in [3.8, 4) is 0 Å². The first kappa shape index (κ1) is 20.6. The maximum absolute atomic E-state index is 12.1. The summed E-state index contributed by atoms with van der Waals surface area (Å²) >= 11 is 0. The zero-order valence-electron chi connectivity index (χ0n) is 14.9. The Labute approximate surface area is 145 Å². The number of rotatable bonds is 10. The Morgan fingerprint density at radius 3 is 2.17 bits per heavy atom. The molecule has 1 amide bonds. The van der Waals surface area contributed by atoms with Gasteiger partial charge in [0.05, 0.1) is 11.5 Å². The van der Waals surface area contributed by atoms with Gasteiger partial charge in [0.1, 0.15) is 9.84 Å². The number of benzene rings is 1. The number of aliphatic hydroxyl groups excluding tert-OH is 1. The van der Waals surface area contributed by atoms with Crippen LogP contribution in [0.5, 0.6) is 0 Å². The summed E-state index contributed by atoms with van der Waals surface area (Å²) in [7, 11) is -3.11. The lowest BCUT2D eigenvalue weighted by Crippen LogP contribution is -2.17. The molecule has 1 aromatic carbocycles. The van der Waals surface area contributed by atoms with Gasteiger partial charge in [-0.2, -0.15) is 0 Å². The number of unbranched alkanes of at least 4 members (excludes halogenated alkanes) is 2. The van der Waals surface area contributed by atoms with Crippen LogP contribution in [0.1, 0.15) is 48.8 Å². The van der Waals surface area contributed by atoms with Gasteiger partial charge < -0.3 is 10.4 Å². The van der Waals surface area contributed by atoms with Crippen LogP contribution in [0, 0.1) is 20.8 Å². The lowest BCUT2D eigenvalue weighted by molar-refractivity contribution is -0.116. The Bertz CT molecular complexity index is 630. The average molecular weight is 356 g/mol. The number of aliphatic hydroxyl groups is 1. The van der Waals surface area contributed by atoms with Gasteiger partial charge in [0.25, 0.3) is 0 Å². The van der Waals surface area contributed by atoms with Gasteiger partial charge in [-0.05, 0) is 51.2 Å². The number of sulfone groups is 1. The Hall–Kier alpha value is -1.40. The third-order valence-electron chi connectivity index (χ3n) is 3.91. The van der Waals surface area contributed by atoms with Crippen molar-refractivity contribution in [3.05, 3.63) is 28.8 Å². The molecular formula is C18H29NO4S. The smallest absolute Gasteiger partial charge is 0.224 e. The second kappa shape index (κ2) is 9.79. The third-order valence-corrected chi connectivity index (χ3v) is 5.74. The maximum atomic E-state index is 12.1. The molecule has 24 heavy (non-hydrogen) atoms. The fourth-order valence-electron chi connectivity index (χ4n) is 2.74. The lowest BCUT2D eigenvalue weighted by Gasteiger charge is -2.13. The van der Waals surface area contributed by atoms with Gasteiger partial charge >= 0.3 is 0 Å². The SMILES string of the molecule is Cc1cc(C)c(NC(=O)CCCS(=O)(=O)CCCCCO)c(C)c1. The van der Waals surface area contributed by atoms with Gasteiger partial charge in [-0.3, -0.25) is 4.79 Å². The zero-order chi connectivity index (χ0) is 18.2. The molecule has 0 spiro atoms. The van der Waals surface area contributed by atoms with E-state index in [0.29, 0.717) is 25.7 Å². The molecule has 0 aliphatic rings. The Morgan fingerprint density at radius 1 is 1.00 bits per heavy atom. The van der Waals surface area contributed by atoms with E-state index in [1.807, 2.05) is 32.9 Å². The molecule has 1 aromatic rings. The van der Waals surface area contributed by atoms with E-state index in [0.717, 1.165) is 22.4 Å². The predicted molar refractivity (Wildman–Crippen MR) is 98.1 cm³/mol. The monoisotopic (exact) mass is 355 g/mol. The minimum absolute atomic E-state index is 0.0331. The topological polar surface area (TPSA) is 83.5 Å². The molecule has 0 bridgehead atoms. The first-order valence-corrected chi connectivity index (χ1v) is 10.3. The first-order valence-electron chi connectivity index (χ1n) is 8.44. The molecule has 0 fully saturated rings. The van der Waals surface area contributed by atoms with Crippen LogP contribution in [0.15, 0.2) is 12.1 Å². The molecule has 0 aromatic heterocycles. The molecule has 0 saturated carbocycles.